The van der Waals surface area contributed by atoms with Gasteiger partial charge in [-0.3, -0.25) is 4.79 Å². The largest absolute Gasteiger partial charge is 0.416 e. The van der Waals surface area contributed by atoms with E-state index in [1.807, 2.05) is 6.07 Å². The van der Waals surface area contributed by atoms with Crippen LogP contribution in [0, 0.1) is 11.8 Å². The molecule has 5 nitrogen and oxygen atoms in total. The number of hydrogen-bond acceptors (Lipinski definition) is 5. The van der Waals surface area contributed by atoms with E-state index in [1.54, 1.807) is 0 Å². The Morgan fingerprint density at radius 2 is 1.93 bits per heavy atom. The second kappa shape index (κ2) is 9.02. The fraction of sp³-hybridized carbons (Fsp3) is 0.450. The summed E-state index contributed by atoms with van der Waals surface area (Å²) in [6.45, 7) is 6.30. The first-order valence-corrected chi connectivity index (χ1v) is 10.4. The molecule has 0 bridgehead atoms. The molecule has 1 saturated heterocycles. The van der Waals surface area contributed by atoms with Crippen molar-refractivity contribution >= 4 is 29.2 Å². The molecule has 1 aromatic carbocycles. The molecule has 1 aliphatic heterocycles. The summed E-state index contributed by atoms with van der Waals surface area (Å²) in [5, 5.41) is 3.15. The molecule has 0 saturated carbocycles. The predicted molar refractivity (Wildman–Crippen MR) is 108 cm³/mol. The van der Waals surface area contributed by atoms with Gasteiger partial charge in [0, 0.05) is 24.8 Å². The number of halogens is 3. The van der Waals surface area contributed by atoms with Gasteiger partial charge in [-0.25, -0.2) is 9.97 Å². The third-order valence-electron chi connectivity index (χ3n) is 4.65. The summed E-state index contributed by atoms with van der Waals surface area (Å²) in [7, 11) is 0. The van der Waals surface area contributed by atoms with Gasteiger partial charge in [-0.1, -0.05) is 31.7 Å². The lowest BCUT2D eigenvalue weighted by Crippen LogP contribution is -2.39. The zero-order valence-corrected chi connectivity index (χ0v) is 17.1. The van der Waals surface area contributed by atoms with Crippen LogP contribution >= 0.6 is 11.8 Å². The van der Waals surface area contributed by atoms with Gasteiger partial charge in [0.15, 0.2) is 0 Å². The number of aromatic nitrogens is 2. The highest BCUT2D eigenvalue weighted by Gasteiger charge is 2.30. The molecule has 156 valence electrons. The van der Waals surface area contributed by atoms with Crippen LogP contribution < -0.4 is 10.2 Å². The van der Waals surface area contributed by atoms with Gasteiger partial charge in [0.1, 0.15) is 17.2 Å². The van der Waals surface area contributed by atoms with Crippen molar-refractivity contribution < 1.29 is 18.0 Å². The van der Waals surface area contributed by atoms with Crippen molar-refractivity contribution in [2.24, 2.45) is 11.8 Å². The number of alkyl halides is 3. The smallest absolute Gasteiger partial charge is 0.356 e. The van der Waals surface area contributed by atoms with E-state index >= 15 is 0 Å². The monoisotopic (exact) mass is 424 g/mol. The van der Waals surface area contributed by atoms with Crippen LogP contribution in [0.15, 0.2) is 41.7 Å². The second-order valence-corrected chi connectivity index (χ2v) is 8.48. The number of hydrogen-bond donors (Lipinski definition) is 1. The number of benzene rings is 1. The van der Waals surface area contributed by atoms with Crippen molar-refractivity contribution in [3.05, 3.63) is 42.2 Å². The Balaban J connectivity index is 1.58. The molecule has 0 aliphatic carbocycles. The van der Waals surface area contributed by atoms with E-state index in [1.165, 1.54) is 36.6 Å². The van der Waals surface area contributed by atoms with E-state index in [2.05, 4.69) is 34.0 Å². The third-order valence-corrected chi connectivity index (χ3v) is 5.57. The van der Waals surface area contributed by atoms with Crippen molar-refractivity contribution in [3.8, 4) is 0 Å². The lowest BCUT2D eigenvalue weighted by Gasteiger charge is -2.35. The molecule has 2 heterocycles. The van der Waals surface area contributed by atoms with Gasteiger partial charge in [0.25, 0.3) is 0 Å². The maximum atomic E-state index is 12.8. The number of rotatable bonds is 5. The molecule has 1 aliphatic rings. The highest BCUT2D eigenvalue weighted by molar-refractivity contribution is 7.99. The van der Waals surface area contributed by atoms with E-state index < -0.39 is 17.6 Å². The molecule has 0 unspecified atom stereocenters. The van der Waals surface area contributed by atoms with Crippen LogP contribution in [0.3, 0.4) is 0 Å². The quantitative estimate of drug-likeness (QED) is 0.557. The first-order valence-electron chi connectivity index (χ1n) is 9.37. The van der Waals surface area contributed by atoms with E-state index in [9.17, 15) is 18.0 Å². The molecule has 0 radical (unpaired) electrons. The number of nitrogens with zero attached hydrogens (tertiary/aromatic N) is 3. The Morgan fingerprint density at radius 1 is 1.21 bits per heavy atom. The number of carbonyl (C=O) groups is 1. The molecule has 29 heavy (non-hydrogen) atoms. The average Bonchev–Trinajstić information content (AvgIpc) is 2.65. The molecule has 1 fully saturated rings. The van der Waals surface area contributed by atoms with E-state index in [-0.39, 0.29) is 11.4 Å². The van der Waals surface area contributed by atoms with Crippen LogP contribution in [0.5, 0.6) is 0 Å². The molecule has 2 aromatic rings. The molecule has 1 N–H and O–H groups in total. The lowest BCUT2D eigenvalue weighted by atomic mass is 9.92. The van der Waals surface area contributed by atoms with Crippen molar-refractivity contribution in [2.45, 2.75) is 31.5 Å². The predicted octanol–water partition coefficient (Wildman–Crippen LogP) is 4.71. The summed E-state index contributed by atoms with van der Waals surface area (Å²) in [4.78, 5) is 22.9. The minimum absolute atomic E-state index is 0.0412. The van der Waals surface area contributed by atoms with Gasteiger partial charge in [-0.05, 0) is 36.5 Å². The number of anilines is 2. The highest BCUT2D eigenvalue weighted by atomic mass is 32.2. The molecule has 2 atom stereocenters. The number of thioether (sulfide) groups is 1. The van der Waals surface area contributed by atoms with E-state index in [0.717, 1.165) is 31.0 Å². The van der Waals surface area contributed by atoms with Crippen LogP contribution in [-0.2, 0) is 11.0 Å². The summed E-state index contributed by atoms with van der Waals surface area (Å²) in [6.07, 6.45) is -1.78. The molecular formula is C20H23F3N4OS. The third kappa shape index (κ3) is 6.09. The zero-order chi connectivity index (χ0) is 21.0. The summed E-state index contributed by atoms with van der Waals surface area (Å²) < 4.78 is 38.3. The van der Waals surface area contributed by atoms with Crippen LogP contribution in [-0.4, -0.2) is 34.7 Å². The Labute approximate surface area is 172 Å². The Bertz CT molecular complexity index is 852. The van der Waals surface area contributed by atoms with Gasteiger partial charge in [0.05, 0.1) is 11.3 Å². The topological polar surface area (TPSA) is 58.1 Å². The van der Waals surface area contributed by atoms with Crippen molar-refractivity contribution in [1.82, 2.24) is 9.97 Å². The number of amides is 1. The minimum atomic E-state index is -4.45. The molecule has 9 heteroatoms. The summed E-state index contributed by atoms with van der Waals surface area (Å²) in [5.41, 5.74) is -0.682. The average molecular weight is 424 g/mol. The van der Waals surface area contributed by atoms with Gasteiger partial charge in [-0.15, -0.1) is 0 Å². The normalized spacial score (nSPS) is 19.8. The minimum Gasteiger partial charge on any atom is -0.356 e. The maximum Gasteiger partial charge on any atom is 0.416 e. The summed E-state index contributed by atoms with van der Waals surface area (Å²) in [6, 6.07) is 6.44. The first-order chi connectivity index (χ1) is 13.7. The zero-order valence-electron chi connectivity index (χ0n) is 16.2. The fourth-order valence-electron chi connectivity index (χ4n) is 3.54. The molecular weight excluding hydrogens is 401 g/mol. The van der Waals surface area contributed by atoms with Crippen LogP contribution in [0.1, 0.15) is 25.8 Å². The standard InChI is InChI=1S/C20H23F3N4OS/c1-13-6-14(2)10-27(9-13)17-8-19(25-12-24-17)29-11-18(28)26-16-5-3-4-15(7-16)20(21,22)23/h3-5,7-8,12-14H,6,9-11H2,1-2H3,(H,26,28)/t13-,14-/m0/s1. The molecule has 0 spiro atoms. The Morgan fingerprint density at radius 3 is 2.62 bits per heavy atom. The van der Waals surface area contributed by atoms with Crippen LogP contribution in [0.2, 0.25) is 0 Å². The molecule has 3 rings (SSSR count). The van der Waals surface area contributed by atoms with E-state index in [4.69, 9.17) is 0 Å². The van der Waals surface area contributed by atoms with Crippen molar-refractivity contribution in [1.29, 1.82) is 0 Å². The van der Waals surface area contributed by atoms with Crippen LogP contribution in [0.4, 0.5) is 24.7 Å². The SMILES string of the molecule is C[C@H]1C[C@H](C)CN(c2cc(SCC(=O)Nc3cccc(C(F)(F)F)c3)ncn2)C1. The molecule has 1 aromatic heterocycles. The number of carbonyl (C=O) groups excluding carboxylic acids is 1. The molecule has 1 amide bonds. The summed E-state index contributed by atoms with van der Waals surface area (Å²) >= 11 is 1.23. The number of piperidine rings is 1. The second-order valence-electron chi connectivity index (χ2n) is 7.48. The Hall–Kier alpha value is -2.29. The Kier molecular flexibility index (Phi) is 6.66. The van der Waals surface area contributed by atoms with Crippen LogP contribution in [0.25, 0.3) is 0 Å². The van der Waals surface area contributed by atoms with Gasteiger partial charge < -0.3 is 10.2 Å². The van der Waals surface area contributed by atoms with Gasteiger partial charge >= 0.3 is 6.18 Å². The van der Waals surface area contributed by atoms with Gasteiger partial charge in [0.2, 0.25) is 5.91 Å². The lowest BCUT2D eigenvalue weighted by molar-refractivity contribution is -0.137. The fourth-order valence-corrected chi connectivity index (χ4v) is 4.20. The maximum absolute atomic E-state index is 12.8. The number of nitrogens with one attached hydrogen (secondary N) is 1. The highest BCUT2D eigenvalue weighted by Crippen LogP contribution is 2.31. The van der Waals surface area contributed by atoms with Crippen molar-refractivity contribution in [3.63, 3.8) is 0 Å². The first kappa shape index (κ1) is 21.4. The van der Waals surface area contributed by atoms with Gasteiger partial charge in [-0.2, -0.15) is 13.2 Å². The van der Waals surface area contributed by atoms with E-state index in [0.29, 0.717) is 16.9 Å². The van der Waals surface area contributed by atoms with Crippen molar-refractivity contribution in [2.75, 3.05) is 29.1 Å². The summed E-state index contributed by atoms with van der Waals surface area (Å²) in [5.74, 6) is 1.65.